The zero-order valence-corrected chi connectivity index (χ0v) is 7.52. The Morgan fingerprint density at radius 2 is 2.25 bits per heavy atom. The van der Waals surface area contributed by atoms with E-state index < -0.39 is 0 Å². The predicted molar refractivity (Wildman–Crippen MR) is 53.3 cm³/mol. The molecule has 0 fully saturated rings. The van der Waals surface area contributed by atoms with Gasteiger partial charge in [-0.2, -0.15) is 0 Å². The van der Waals surface area contributed by atoms with E-state index in [1.54, 1.807) is 0 Å². The van der Waals surface area contributed by atoms with Crippen molar-refractivity contribution in [1.29, 1.82) is 0 Å². The third-order valence-corrected chi connectivity index (χ3v) is 1.70. The van der Waals surface area contributed by atoms with Crippen molar-refractivity contribution in [2.45, 2.75) is 13.8 Å². The molecule has 1 N–H and O–H groups in total. The highest BCUT2D eigenvalue weighted by molar-refractivity contribution is 5.59. The van der Waals surface area contributed by atoms with E-state index in [0.717, 1.165) is 17.8 Å². The molecule has 1 heteroatoms. The van der Waals surface area contributed by atoms with Crippen LogP contribution in [-0.4, -0.2) is 6.54 Å². The standard InChI is InChI=1S/C11H13N/c1-4-10-8-9(3)6-7-11(10)12-5-2/h1,6-8,12H,5H2,2-3H3. The van der Waals surface area contributed by atoms with Gasteiger partial charge in [0.05, 0.1) is 0 Å². The van der Waals surface area contributed by atoms with E-state index in [9.17, 15) is 0 Å². The molecular weight excluding hydrogens is 146 g/mol. The number of anilines is 1. The van der Waals surface area contributed by atoms with Crippen molar-refractivity contribution in [3.05, 3.63) is 29.3 Å². The van der Waals surface area contributed by atoms with Crippen LogP contribution in [0.1, 0.15) is 18.1 Å². The van der Waals surface area contributed by atoms with Gasteiger partial charge in [0.2, 0.25) is 0 Å². The molecule has 1 aromatic carbocycles. The summed E-state index contributed by atoms with van der Waals surface area (Å²) in [5.41, 5.74) is 3.19. The van der Waals surface area contributed by atoms with Crippen LogP contribution in [0.25, 0.3) is 0 Å². The van der Waals surface area contributed by atoms with Crippen LogP contribution < -0.4 is 5.32 Å². The van der Waals surface area contributed by atoms with E-state index in [0.29, 0.717) is 0 Å². The van der Waals surface area contributed by atoms with Gasteiger partial charge in [0, 0.05) is 17.8 Å². The quantitative estimate of drug-likeness (QED) is 0.653. The Hall–Kier alpha value is -1.42. The van der Waals surface area contributed by atoms with Gasteiger partial charge >= 0.3 is 0 Å². The highest BCUT2D eigenvalue weighted by atomic mass is 14.9. The van der Waals surface area contributed by atoms with Crippen molar-refractivity contribution in [2.75, 3.05) is 11.9 Å². The van der Waals surface area contributed by atoms with Gasteiger partial charge in [-0.05, 0) is 31.5 Å². The Labute approximate surface area is 73.8 Å². The van der Waals surface area contributed by atoms with Crippen LogP contribution in [0.15, 0.2) is 18.2 Å². The van der Waals surface area contributed by atoms with Crippen LogP contribution in [-0.2, 0) is 0 Å². The van der Waals surface area contributed by atoms with Gasteiger partial charge in [-0.1, -0.05) is 12.0 Å². The van der Waals surface area contributed by atoms with E-state index in [2.05, 4.69) is 24.2 Å². The van der Waals surface area contributed by atoms with Gasteiger partial charge in [-0.25, -0.2) is 0 Å². The fourth-order valence-corrected chi connectivity index (χ4v) is 1.12. The molecule has 12 heavy (non-hydrogen) atoms. The number of hydrogen-bond donors (Lipinski definition) is 1. The molecule has 0 spiro atoms. The van der Waals surface area contributed by atoms with Gasteiger partial charge in [0.25, 0.3) is 0 Å². The molecular formula is C11H13N. The average Bonchev–Trinajstić information content (AvgIpc) is 2.08. The first-order valence-corrected chi connectivity index (χ1v) is 4.09. The molecule has 0 atom stereocenters. The van der Waals surface area contributed by atoms with Crippen LogP contribution in [0.4, 0.5) is 5.69 Å². The molecule has 0 radical (unpaired) electrons. The van der Waals surface area contributed by atoms with E-state index in [1.807, 2.05) is 19.1 Å². The lowest BCUT2D eigenvalue weighted by atomic mass is 10.1. The molecule has 0 unspecified atom stereocenters. The summed E-state index contributed by atoms with van der Waals surface area (Å²) in [6.45, 7) is 4.99. The van der Waals surface area contributed by atoms with Crippen molar-refractivity contribution >= 4 is 5.69 Å². The molecule has 0 aliphatic carbocycles. The summed E-state index contributed by atoms with van der Waals surface area (Å²) in [6, 6.07) is 6.09. The number of rotatable bonds is 2. The molecule has 0 amide bonds. The molecule has 0 saturated heterocycles. The minimum Gasteiger partial charge on any atom is -0.384 e. The summed E-state index contributed by atoms with van der Waals surface area (Å²) in [7, 11) is 0. The fraction of sp³-hybridized carbons (Fsp3) is 0.273. The third-order valence-electron chi connectivity index (χ3n) is 1.70. The molecule has 0 saturated carbocycles. The molecule has 0 aliphatic rings. The summed E-state index contributed by atoms with van der Waals surface area (Å²) in [5.74, 6) is 2.66. The summed E-state index contributed by atoms with van der Waals surface area (Å²) < 4.78 is 0. The van der Waals surface area contributed by atoms with Crippen LogP contribution in [0.3, 0.4) is 0 Å². The van der Waals surface area contributed by atoms with E-state index in [4.69, 9.17) is 6.42 Å². The Morgan fingerprint density at radius 1 is 1.50 bits per heavy atom. The third kappa shape index (κ3) is 1.79. The number of hydrogen-bond acceptors (Lipinski definition) is 1. The number of nitrogens with one attached hydrogen (secondary N) is 1. The van der Waals surface area contributed by atoms with E-state index >= 15 is 0 Å². The van der Waals surface area contributed by atoms with Crippen molar-refractivity contribution < 1.29 is 0 Å². The predicted octanol–water partition coefficient (Wildman–Crippen LogP) is 2.41. The molecule has 62 valence electrons. The first kappa shape index (κ1) is 8.67. The van der Waals surface area contributed by atoms with E-state index in [-0.39, 0.29) is 0 Å². The summed E-state index contributed by atoms with van der Waals surface area (Å²) in [5, 5.41) is 3.21. The Kier molecular flexibility index (Phi) is 2.76. The first-order chi connectivity index (χ1) is 5.77. The minimum absolute atomic E-state index is 0.901. The summed E-state index contributed by atoms with van der Waals surface area (Å²) in [4.78, 5) is 0. The molecule has 1 rings (SSSR count). The zero-order chi connectivity index (χ0) is 8.97. The lowest BCUT2D eigenvalue weighted by molar-refractivity contribution is 1.21. The molecule has 0 aromatic heterocycles. The van der Waals surface area contributed by atoms with Crippen molar-refractivity contribution in [2.24, 2.45) is 0 Å². The van der Waals surface area contributed by atoms with Gasteiger partial charge in [0.15, 0.2) is 0 Å². The minimum atomic E-state index is 0.901. The number of terminal acetylenes is 1. The van der Waals surface area contributed by atoms with Gasteiger partial charge in [0.1, 0.15) is 0 Å². The Balaban J connectivity index is 3.05. The highest BCUT2D eigenvalue weighted by Gasteiger charge is 1.97. The summed E-state index contributed by atoms with van der Waals surface area (Å²) in [6.07, 6.45) is 5.36. The SMILES string of the molecule is C#Cc1cc(C)ccc1NCC. The second kappa shape index (κ2) is 3.82. The van der Waals surface area contributed by atoms with Crippen molar-refractivity contribution in [3.8, 4) is 12.3 Å². The topological polar surface area (TPSA) is 12.0 Å². The monoisotopic (exact) mass is 159 g/mol. The normalized spacial score (nSPS) is 9.08. The summed E-state index contributed by atoms with van der Waals surface area (Å²) >= 11 is 0. The molecule has 0 aliphatic heterocycles. The smallest absolute Gasteiger partial charge is 0.0499 e. The van der Waals surface area contributed by atoms with Gasteiger partial charge in [-0.3, -0.25) is 0 Å². The molecule has 0 heterocycles. The maximum Gasteiger partial charge on any atom is 0.0499 e. The van der Waals surface area contributed by atoms with Crippen LogP contribution >= 0.6 is 0 Å². The maximum atomic E-state index is 5.36. The van der Waals surface area contributed by atoms with Crippen LogP contribution in [0.5, 0.6) is 0 Å². The van der Waals surface area contributed by atoms with Gasteiger partial charge < -0.3 is 5.32 Å². The highest BCUT2D eigenvalue weighted by Crippen LogP contribution is 2.15. The molecule has 1 nitrogen and oxygen atoms in total. The Morgan fingerprint density at radius 3 is 2.83 bits per heavy atom. The van der Waals surface area contributed by atoms with Crippen LogP contribution in [0.2, 0.25) is 0 Å². The zero-order valence-electron chi connectivity index (χ0n) is 7.52. The second-order valence-electron chi connectivity index (χ2n) is 2.72. The largest absolute Gasteiger partial charge is 0.384 e. The first-order valence-electron chi connectivity index (χ1n) is 4.09. The second-order valence-corrected chi connectivity index (χ2v) is 2.72. The molecule has 1 aromatic rings. The lowest BCUT2D eigenvalue weighted by Gasteiger charge is -2.06. The van der Waals surface area contributed by atoms with Crippen molar-refractivity contribution in [1.82, 2.24) is 0 Å². The van der Waals surface area contributed by atoms with Crippen molar-refractivity contribution in [3.63, 3.8) is 0 Å². The lowest BCUT2D eigenvalue weighted by Crippen LogP contribution is -1.98. The molecule has 0 bridgehead atoms. The van der Waals surface area contributed by atoms with Crippen LogP contribution in [0, 0.1) is 19.3 Å². The average molecular weight is 159 g/mol. The maximum absolute atomic E-state index is 5.36. The van der Waals surface area contributed by atoms with E-state index in [1.165, 1.54) is 5.56 Å². The number of aryl methyl sites for hydroxylation is 1. The Bertz CT molecular complexity index is 307. The number of benzene rings is 1. The van der Waals surface area contributed by atoms with Gasteiger partial charge in [-0.15, -0.1) is 6.42 Å². The fourth-order valence-electron chi connectivity index (χ4n) is 1.12.